The number of benzene rings is 2. The van der Waals surface area contributed by atoms with Gasteiger partial charge in [0.05, 0.1) is 17.3 Å². The lowest BCUT2D eigenvalue weighted by Crippen LogP contribution is -2.28. The first-order chi connectivity index (χ1) is 15.5. The topological polar surface area (TPSA) is 68.2 Å². The van der Waals surface area contributed by atoms with Gasteiger partial charge in [-0.3, -0.25) is 19.0 Å². The van der Waals surface area contributed by atoms with Crippen molar-refractivity contribution in [2.24, 2.45) is 0 Å². The summed E-state index contributed by atoms with van der Waals surface area (Å²) >= 11 is 1.48. The van der Waals surface area contributed by atoms with Gasteiger partial charge in [-0.25, -0.2) is 4.39 Å². The number of rotatable bonds is 6. The molecule has 160 valence electrons. The first kappa shape index (κ1) is 21.4. The Balaban J connectivity index is 1.58. The van der Waals surface area contributed by atoms with Crippen LogP contribution in [-0.2, 0) is 0 Å². The molecule has 7 heteroatoms. The summed E-state index contributed by atoms with van der Waals surface area (Å²) in [6.45, 7) is 1.85. The van der Waals surface area contributed by atoms with Gasteiger partial charge in [0, 0.05) is 22.7 Å². The number of halogens is 1. The zero-order valence-electron chi connectivity index (χ0n) is 17.1. The molecule has 0 radical (unpaired) electrons. The van der Waals surface area contributed by atoms with Crippen molar-refractivity contribution in [3.05, 3.63) is 111 Å². The van der Waals surface area contributed by atoms with Gasteiger partial charge in [-0.2, -0.15) is 0 Å². The highest BCUT2D eigenvalue weighted by molar-refractivity contribution is 7.14. The van der Waals surface area contributed by atoms with Crippen molar-refractivity contribution in [3.63, 3.8) is 0 Å². The third-order valence-corrected chi connectivity index (χ3v) is 6.08. The Kier molecular flexibility index (Phi) is 6.09. The van der Waals surface area contributed by atoms with Crippen molar-refractivity contribution in [2.75, 3.05) is 0 Å². The van der Waals surface area contributed by atoms with Gasteiger partial charge in [0.1, 0.15) is 5.82 Å². The van der Waals surface area contributed by atoms with Crippen LogP contribution in [0.2, 0.25) is 0 Å². The molecule has 1 N–H and O–H groups in total. The van der Waals surface area contributed by atoms with E-state index in [4.69, 9.17) is 0 Å². The summed E-state index contributed by atoms with van der Waals surface area (Å²) in [6, 6.07) is 17.6. The maximum absolute atomic E-state index is 14.1. The number of nitrogens with zero attached hydrogens (tertiary/aromatic N) is 1. The standard InChI is InChI=1S/C25H19FN2O3S/c1-16(17-5-4-6-18(13-17)24-20(15-29)11-12-32-24)27-25(31)19-9-10-23(30)28(14-19)22-8-3-2-7-21(22)26/h2-16H,1H3,(H,27,31). The maximum Gasteiger partial charge on any atom is 0.255 e. The minimum atomic E-state index is -0.555. The van der Waals surface area contributed by atoms with E-state index < -0.39 is 17.3 Å². The molecule has 0 aliphatic rings. The van der Waals surface area contributed by atoms with E-state index in [1.807, 2.05) is 36.6 Å². The van der Waals surface area contributed by atoms with E-state index in [0.717, 1.165) is 26.9 Å². The van der Waals surface area contributed by atoms with Crippen LogP contribution in [0.3, 0.4) is 0 Å². The number of nitrogens with one attached hydrogen (secondary N) is 1. The second-order valence-electron chi connectivity index (χ2n) is 7.22. The Labute approximate surface area is 187 Å². The van der Waals surface area contributed by atoms with E-state index in [1.165, 1.54) is 47.9 Å². The molecule has 1 unspecified atom stereocenters. The van der Waals surface area contributed by atoms with E-state index >= 15 is 0 Å². The summed E-state index contributed by atoms with van der Waals surface area (Å²) in [4.78, 5) is 37.2. The molecule has 2 aromatic carbocycles. The Morgan fingerprint density at radius 3 is 2.69 bits per heavy atom. The predicted molar refractivity (Wildman–Crippen MR) is 123 cm³/mol. The van der Waals surface area contributed by atoms with Gasteiger partial charge in [-0.15, -0.1) is 11.3 Å². The number of hydrogen-bond acceptors (Lipinski definition) is 4. The fourth-order valence-electron chi connectivity index (χ4n) is 3.42. The molecule has 5 nitrogen and oxygen atoms in total. The number of carbonyl (C=O) groups is 2. The second-order valence-corrected chi connectivity index (χ2v) is 8.14. The smallest absolute Gasteiger partial charge is 0.255 e. The van der Waals surface area contributed by atoms with Crippen molar-refractivity contribution in [1.29, 1.82) is 0 Å². The lowest BCUT2D eigenvalue weighted by atomic mass is 10.0. The molecule has 32 heavy (non-hydrogen) atoms. The molecule has 0 aliphatic carbocycles. The van der Waals surface area contributed by atoms with E-state index in [-0.39, 0.29) is 17.3 Å². The molecule has 4 aromatic rings. The SMILES string of the molecule is CC(NC(=O)c1ccc(=O)n(-c2ccccc2F)c1)c1cccc(-c2sccc2C=O)c1. The van der Waals surface area contributed by atoms with Gasteiger partial charge in [-0.1, -0.05) is 30.3 Å². The average Bonchev–Trinajstić information content (AvgIpc) is 3.29. The highest BCUT2D eigenvalue weighted by atomic mass is 32.1. The Morgan fingerprint density at radius 2 is 1.91 bits per heavy atom. The van der Waals surface area contributed by atoms with Crippen LogP contribution in [0, 0.1) is 5.82 Å². The van der Waals surface area contributed by atoms with Crippen LogP contribution in [0.4, 0.5) is 4.39 Å². The molecular weight excluding hydrogens is 427 g/mol. The molecule has 0 saturated heterocycles. The monoisotopic (exact) mass is 446 g/mol. The van der Waals surface area contributed by atoms with Crippen LogP contribution in [0.1, 0.15) is 39.2 Å². The van der Waals surface area contributed by atoms with E-state index in [2.05, 4.69) is 5.32 Å². The van der Waals surface area contributed by atoms with Crippen LogP contribution < -0.4 is 10.9 Å². The van der Waals surface area contributed by atoms with Crippen LogP contribution in [0.5, 0.6) is 0 Å². The molecule has 0 fully saturated rings. The Hall–Kier alpha value is -3.84. The van der Waals surface area contributed by atoms with Crippen molar-refractivity contribution >= 4 is 23.5 Å². The number of pyridine rings is 1. The average molecular weight is 447 g/mol. The first-order valence-corrected chi connectivity index (χ1v) is 10.8. The number of amides is 1. The molecule has 0 bridgehead atoms. The summed E-state index contributed by atoms with van der Waals surface area (Å²) in [7, 11) is 0. The van der Waals surface area contributed by atoms with Gasteiger partial charge >= 0.3 is 0 Å². The first-order valence-electron chi connectivity index (χ1n) is 9.89. The maximum atomic E-state index is 14.1. The van der Waals surface area contributed by atoms with E-state index in [0.29, 0.717) is 5.56 Å². The number of aromatic nitrogens is 1. The van der Waals surface area contributed by atoms with Gasteiger partial charge in [-0.05, 0) is 53.8 Å². The number of para-hydroxylation sites is 1. The normalized spacial score (nSPS) is 11.7. The summed E-state index contributed by atoms with van der Waals surface area (Å²) < 4.78 is 15.3. The highest BCUT2D eigenvalue weighted by Gasteiger charge is 2.15. The lowest BCUT2D eigenvalue weighted by Gasteiger charge is -2.16. The van der Waals surface area contributed by atoms with E-state index in [1.54, 1.807) is 12.1 Å². The Morgan fingerprint density at radius 1 is 1.09 bits per heavy atom. The predicted octanol–water partition coefficient (Wildman–Crippen LogP) is 5.01. The van der Waals surface area contributed by atoms with Gasteiger partial charge in [0.15, 0.2) is 6.29 Å². The zero-order chi connectivity index (χ0) is 22.7. The minimum Gasteiger partial charge on any atom is -0.345 e. The molecule has 0 spiro atoms. The molecule has 4 rings (SSSR count). The molecular formula is C25H19FN2O3S. The van der Waals surface area contributed by atoms with Crippen molar-refractivity contribution in [1.82, 2.24) is 9.88 Å². The number of hydrogen-bond donors (Lipinski definition) is 1. The lowest BCUT2D eigenvalue weighted by molar-refractivity contribution is 0.0939. The van der Waals surface area contributed by atoms with Crippen molar-refractivity contribution < 1.29 is 14.0 Å². The largest absolute Gasteiger partial charge is 0.345 e. The summed E-state index contributed by atoms with van der Waals surface area (Å²) in [5.41, 5.74) is 2.26. The molecule has 2 aromatic heterocycles. The molecule has 1 atom stereocenters. The molecule has 0 saturated carbocycles. The fourth-order valence-corrected chi connectivity index (χ4v) is 4.28. The molecule has 1 amide bonds. The van der Waals surface area contributed by atoms with Crippen LogP contribution in [0.25, 0.3) is 16.1 Å². The highest BCUT2D eigenvalue weighted by Crippen LogP contribution is 2.30. The zero-order valence-corrected chi connectivity index (χ0v) is 17.9. The third kappa shape index (κ3) is 4.29. The van der Waals surface area contributed by atoms with Gasteiger partial charge in [0.25, 0.3) is 11.5 Å². The number of carbonyl (C=O) groups excluding carboxylic acids is 2. The van der Waals surface area contributed by atoms with Crippen LogP contribution in [-0.4, -0.2) is 16.8 Å². The molecule has 0 aliphatic heterocycles. The quantitative estimate of drug-likeness (QED) is 0.424. The van der Waals surface area contributed by atoms with Gasteiger partial charge < -0.3 is 5.32 Å². The third-order valence-electron chi connectivity index (χ3n) is 5.10. The van der Waals surface area contributed by atoms with Crippen molar-refractivity contribution in [2.45, 2.75) is 13.0 Å². The van der Waals surface area contributed by atoms with Gasteiger partial charge in [0.2, 0.25) is 0 Å². The second kappa shape index (κ2) is 9.11. The summed E-state index contributed by atoms with van der Waals surface area (Å²) in [5.74, 6) is -0.946. The molecule has 2 heterocycles. The van der Waals surface area contributed by atoms with Crippen LogP contribution >= 0.6 is 11.3 Å². The van der Waals surface area contributed by atoms with Crippen LogP contribution in [0.15, 0.2) is 83.1 Å². The Bertz CT molecular complexity index is 1360. The number of thiophene rings is 1. The summed E-state index contributed by atoms with van der Waals surface area (Å²) in [6.07, 6.45) is 2.16. The van der Waals surface area contributed by atoms with E-state index in [9.17, 15) is 18.8 Å². The van der Waals surface area contributed by atoms with Crippen molar-refractivity contribution in [3.8, 4) is 16.1 Å². The minimum absolute atomic E-state index is 0.0785. The number of aldehydes is 1. The fraction of sp³-hybridized carbons (Fsp3) is 0.0800. The summed E-state index contributed by atoms with van der Waals surface area (Å²) in [5, 5.41) is 4.77.